The van der Waals surface area contributed by atoms with Crippen molar-refractivity contribution in [1.29, 1.82) is 0 Å². The molecule has 9 heteroatoms. The molecule has 1 aromatic heterocycles. The molecule has 9 nitrogen and oxygen atoms in total. The molecule has 3 aromatic rings. The number of likely N-dealkylation sites (tertiary alicyclic amines) is 1. The van der Waals surface area contributed by atoms with Crippen LogP contribution in [-0.2, 0) is 22.7 Å². The Morgan fingerprint density at radius 1 is 1.03 bits per heavy atom. The molecule has 0 atom stereocenters. The number of hydrogen-bond acceptors (Lipinski definition) is 5. The van der Waals surface area contributed by atoms with Crippen LogP contribution in [0.15, 0.2) is 54.6 Å². The van der Waals surface area contributed by atoms with E-state index in [2.05, 4.69) is 15.6 Å². The summed E-state index contributed by atoms with van der Waals surface area (Å²) in [4.78, 5) is 43.2. The van der Waals surface area contributed by atoms with Crippen LogP contribution in [0.25, 0.3) is 11.0 Å². The maximum atomic E-state index is 13.1. The molecule has 2 N–H and O–H groups in total. The Hall–Kier alpha value is -3.88. The summed E-state index contributed by atoms with van der Waals surface area (Å²) in [6.07, 6.45) is 0.788. The molecule has 0 unspecified atom stereocenters. The lowest BCUT2D eigenvalue weighted by Gasteiger charge is -2.37. The first-order valence-electron chi connectivity index (χ1n) is 10.6. The summed E-state index contributed by atoms with van der Waals surface area (Å²) in [6.45, 7) is 1.16. The predicted octanol–water partition coefficient (Wildman–Crippen LogP) is 1.82. The largest absolute Gasteiger partial charge is 0.486 e. The second-order valence-electron chi connectivity index (χ2n) is 8.08. The Morgan fingerprint density at radius 2 is 1.75 bits per heavy atom. The van der Waals surface area contributed by atoms with E-state index in [1.54, 1.807) is 4.90 Å². The van der Waals surface area contributed by atoms with Crippen molar-refractivity contribution in [3.05, 3.63) is 60.4 Å². The summed E-state index contributed by atoms with van der Waals surface area (Å²) in [5.41, 5.74) is 0.767. The standard InChI is InChI=1S/C23H23N5O4/c29-20(27-12-10-23(11-13-27)21(30)25-22(31)26-23)14-28-18-9-5-4-8-17(18)24-19(28)15-32-16-6-2-1-3-7-16/h1-9H,10-15H2,(H2,25,26,30,31). The van der Waals surface area contributed by atoms with Crippen molar-refractivity contribution < 1.29 is 19.1 Å². The van der Waals surface area contributed by atoms with E-state index in [1.807, 2.05) is 59.2 Å². The fourth-order valence-electron chi connectivity index (χ4n) is 4.33. The molecule has 0 bridgehead atoms. The Bertz CT molecular complexity index is 1180. The number of ether oxygens (including phenoxy) is 1. The Labute approximate surface area is 184 Å². The van der Waals surface area contributed by atoms with Crippen LogP contribution in [0.3, 0.4) is 0 Å². The van der Waals surface area contributed by atoms with E-state index in [-0.39, 0.29) is 25.0 Å². The minimum Gasteiger partial charge on any atom is -0.486 e. The van der Waals surface area contributed by atoms with Crippen LogP contribution in [0, 0.1) is 0 Å². The highest BCUT2D eigenvalue weighted by molar-refractivity contribution is 6.07. The Balaban J connectivity index is 1.31. The average molecular weight is 433 g/mol. The van der Waals surface area contributed by atoms with E-state index in [0.29, 0.717) is 31.8 Å². The minimum atomic E-state index is -0.899. The number of rotatable bonds is 5. The number of aromatic nitrogens is 2. The molecule has 4 amide bonds. The molecule has 1 spiro atoms. The molecule has 0 radical (unpaired) electrons. The molecule has 32 heavy (non-hydrogen) atoms. The minimum absolute atomic E-state index is 0.0614. The lowest BCUT2D eigenvalue weighted by atomic mass is 9.87. The number of nitrogens with zero attached hydrogens (tertiary/aromatic N) is 3. The highest BCUT2D eigenvalue weighted by atomic mass is 16.5. The number of fused-ring (bicyclic) bond motifs is 1. The van der Waals surface area contributed by atoms with Crippen LogP contribution in [0.4, 0.5) is 4.79 Å². The van der Waals surface area contributed by atoms with Crippen molar-refractivity contribution in [1.82, 2.24) is 25.1 Å². The fourth-order valence-corrected chi connectivity index (χ4v) is 4.33. The number of carbonyl (C=O) groups excluding carboxylic acids is 3. The maximum absolute atomic E-state index is 13.1. The molecule has 3 heterocycles. The maximum Gasteiger partial charge on any atom is 0.322 e. The van der Waals surface area contributed by atoms with Crippen molar-refractivity contribution in [3.8, 4) is 5.75 Å². The molecule has 164 valence electrons. The third-order valence-corrected chi connectivity index (χ3v) is 6.12. The third kappa shape index (κ3) is 3.66. The highest BCUT2D eigenvalue weighted by Crippen LogP contribution is 2.26. The zero-order chi connectivity index (χ0) is 22.1. The lowest BCUT2D eigenvalue weighted by molar-refractivity contribution is -0.136. The van der Waals surface area contributed by atoms with Gasteiger partial charge in [0.25, 0.3) is 5.91 Å². The zero-order valence-corrected chi connectivity index (χ0v) is 17.4. The SMILES string of the molecule is O=C1NC(=O)C2(CCN(C(=O)Cn3c(COc4ccccc4)nc4ccccc43)CC2)N1. The van der Waals surface area contributed by atoms with Crippen molar-refractivity contribution in [3.63, 3.8) is 0 Å². The second kappa shape index (κ2) is 7.99. The van der Waals surface area contributed by atoms with Crippen LogP contribution in [0.1, 0.15) is 18.7 Å². The summed E-state index contributed by atoms with van der Waals surface area (Å²) in [7, 11) is 0. The number of piperidine rings is 1. The first-order chi connectivity index (χ1) is 15.5. The number of nitrogens with one attached hydrogen (secondary N) is 2. The van der Waals surface area contributed by atoms with Gasteiger partial charge in [-0.1, -0.05) is 30.3 Å². The number of amides is 4. The Morgan fingerprint density at radius 3 is 2.47 bits per heavy atom. The number of imide groups is 1. The smallest absolute Gasteiger partial charge is 0.322 e. The zero-order valence-electron chi connectivity index (χ0n) is 17.4. The van der Waals surface area contributed by atoms with Gasteiger partial charge < -0.3 is 19.5 Å². The number of para-hydroxylation sites is 3. The molecule has 0 saturated carbocycles. The summed E-state index contributed by atoms with van der Waals surface area (Å²) >= 11 is 0. The molecule has 2 aromatic carbocycles. The van der Waals surface area contributed by atoms with Gasteiger partial charge in [-0.2, -0.15) is 0 Å². The van der Waals surface area contributed by atoms with Crippen molar-refractivity contribution >= 4 is 28.9 Å². The molecular formula is C23H23N5O4. The number of imidazole rings is 1. The van der Waals surface area contributed by atoms with Crippen LogP contribution < -0.4 is 15.4 Å². The fraction of sp³-hybridized carbons (Fsp3) is 0.304. The van der Waals surface area contributed by atoms with Crippen molar-refractivity contribution in [2.75, 3.05) is 13.1 Å². The third-order valence-electron chi connectivity index (χ3n) is 6.12. The summed E-state index contributed by atoms with van der Waals surface area (Å²) in [5.74, 6) is 1.03. The summed E-state index contributed by atoms with van der Waals surface area (Å²) < 4.78 is 7.77. The van der Waals surface area contributed by atoms with Gasteiger partial charge in [0.15, 0.2) is 0 Å². The van der Waals surface area contributed by atoms with Gasteiger partial charge in [0, 0.05) is 13.1 Å². The number of benzene rings is 2. The van der Waals surface area contributed by atoms with Crippen molar-refractivity contribution in [2.45, 2.75) is 31.5 Å². The van der Waals surface area contributed by atoms with Gasteiger partial charge in [-0.15, -0.1) is 0 Å². The van der Waals surface area contributed by atoms with E-state index < -0.39 is 11.6 Å². The van der Waals surface area contributed by atoms with E-state index in [1.165, 1.54) is 0 Å². The van der Waals surface area contributed by atoms with Gasteiger partial charge in [0.1, 0.15) is 30.3 Å². The molecule has 2 aliphatic heterocycles. The topological polar surface area (TPSA) is 106 Å². The van der Waals surface area contributed by atoms with Crippen molar-refractivity contribution in [2.24, 2.45) is 0 Å². The van der Waals surface area contributed by atoms with Crippen LogP contribution in [0.5, 0.6) is 5.75 Å². The van der Waals surface area contributed by atoms with Crippen LogP contribution in [-0.4, -0.2) is 50.9 Å². The molecule has 5 rings (SSSR count). The van der Waals surface area contributed by atoms with E-state index >= 15 is 0 Å². The highest BCUT2D eigenvalue weighted by Gasteiger charge is 2.48. The average Bonchev–Trinajstić information content (AvgIpc) is 3.29. The summed E-state index contributed by atoms with van der Waals surface area (Å²) in [5, 5.41) is 5.01. The quantitative estimate of drug-likeness (QED) is 0.597. The molecule has 0 aliphatic carbocycles. The molecule has 2 saturated heterocycles. The molecule has 2 aliphatic rings. The lowest BCUT2D eigenvalue weighted by Crippen LogP contribution is -2.56. The van der Waals surface area contributed by atoms with Gasteiger partial charge in [-0.3, -0.25) is 14.9 Å². The van der Waals surface area contributed by atoms with Crippen LogP contribution in [0.2, 0.25) is 0 Å². The predicted molar refractivity (Wildman–Crippen MR) is 116 cm³/mol. The number of hydrogen-bond donors (Lipinski definition) is 2. The number of carbonyl (C=O) groups is 3. The first kappa shape index (κ1) is 20.0. The van der Waals surface area contributed by atoms with E-state index in [9.17, 15) is 14.4 Å². The van der Waals surface area contributed by atoms with Gasteiger partial charge in [0.2, 0.25) is 5.91 Å². The van der Waals surface area contributed by atoms with E-state index in [4.69, 9.17) is 4.74 Å². The first-order valence-corrected chi connectivity index (χ1v) is 10.6. The summed E-state index contributed by atoms with van der Waals surface area (Å²) in [6, 6.07) is 16.7. The van der Waals surface area contributed by atoms with E-state index in [0.717, 1.165) is 16.8 Å². The molecule has 2 fully saturated rings. The van der Waals surface area contributed by atoms with Gasteiger partial charge in [-0.25, -0.2) is 9.78 Å². The molecular weight excluding hydrogens is 410 g/mol. The van der Waals surface area contributed by atoms with Gasteiger partial charge in [-0.05, 0) is 37.1 Å². The monoisotopic (exact) mass is 433 g/mol. The van der Waals surface area contributed by atoms with Gasteiger partial charge in [0.05, 0.1) is 11.0 Å². The van der Waals surface area contributed by atoms with Gasteiger partial charge >= 0.3 is 6.03 Å². The van der Waals surface area contributed by atoms with Crippen LogP contribution >= 0.6 is 0 Å². The Kier molecular flexibility index (Phi) is 5.01. The number of urea groups is 1. The normalized spacial score (nSPS) is 17.4. The second-order valence-corrected chi connectivity index (χ2v) is 8.08.